The van der Waals surface area contributed by atoms with Gasteiger partial charge in [0, 0.05) is 12.7 Å². The molecule has 1 saturated heterocycles. The fourth-order valence-corrected chi connectivity index (χ4v) is 2.66. The number of halogens is 1. The van der Waals surface area contributed by atoms with Crippen molar-refractivity contribution in [2.24, 2.45) is 0 Å². The van der Waals surface area contributed by atoms with Crippen molar-refractivity contribution in [3.63, 3.8) is 0 Å². The number of hydrogen-bond donors (Lipinski definition) is 3. The van der Waals surface area contributed by atoms with E-state index in [4.69, 9.17) is 0 Å². The molecule has 1 aromatic carbocycles. The Kier molecular flexibility index (Phi) is 5.63. The smallest absolute Gasteiger partial charge is 0.276 e. The fourth-order valence-electron chi connectivity index (χ4n) is 2.66. The lowest BCUT2D eigenvalue weighted by Crippen LogP contribution is -2.32. The van der Waals surface area contributed by atoms with E-state index < -0.39 is 0 Å². The lowest BCUT2D eigenvalue weighted by atomic mass is 10.1. The van der Waals surface area contributed by atoms with E-state index in [0.717, 1.165) is 31.5 Å². The molecule has 1 unspecified atom stereocenters. The molecule has 0 bridgehead atoms. The summed E-state index contributed by atoms with van der Waals surface area (Å²) < 4.78 is 1.84. The highest BCUT2D eigenvalue weighted by molar-refractivity contribution is 6.03. The van der Waals surface area contributed by atoms with Gasteiger partial charge in [0.1, 0.15) is 5.75 Å². The second-order valence-corrected chi connectivity index (χ2v) is 5.66. The van der Waals surface area contributed by atoms with Crippen LogP contribution in [0.4, 0.5) is 5.69 Å². The number of aromatic nitrogens is 2. The van der Waals surface area contributed by atoms with Crippen LogP contribution in [0.2, 0.25) is 0 Å². The normalized spacial score (nSPS) is 17.3. The quantitative estimate of drug-likeness (QED) is 0.752. The monoisotopic (exact) mass is 336 g/mol. The van der Waals surface area contributed by atoms with Gasteiger partial charge in [-0.2, -0.15) is 5.10 Å². The van der Waals surface area contributed by atoms with E-state index in [1.807, 2.05) is 23.9 Å². The summed E-state index contributed by atoms with van der Waals surface area (Å²) in [6.45, 7) is 3.80. The number of rotatable bonds is 3. The minimum Gasteiger partial charge on any atom is -0.506 e. The van der Waals surface area contributed by atoms with Crippen molar-refractivity contribution in [1.29, 1.82) is 0 Å². The molecule has 124 valence electrons. The molecule has 7 heteroatoms. The number of carbonyl (C=O) groups excluding carboxylic acids is 1. The van der Waals surface area contributed by atoms with Crippen molar-refractivity contribution in [3.05, 3.63) is 41.7 Å². The first-order valence-electron chi connectivity index (χ1n) is 7.50. The Hall–Kier alpha value is -2.05. The van der Waals surface area contributed by atoms with Gasteiger partial charge in [0.25, 0.3) is 5.91 Å². The molecule has 23 heavy (non-hydrogen) atoms. The minimum absolute atomic E-state index is 0. The molecule has 0 aliphatic carbocycles. The summed E-state index contributed by atoms with van der Waals surface area (Å²) >= 11 is 0. The fraction of sp³-hybridized carbons (Fsp3) is 0.375. The lowest BCUT2D eigenvalue weighted by Gasteiger charge is -2.22. The second kappa shape index (κ2) is 7.48. The average molecular weight is 337 g/mol. The van der Waals surface area contributed by atoms with E-state index in [-0.39, 0.29) is 24.1 Å². The van der Waals surface area contributed by atoms with Crippen molar-refractivity contribution in [2.75, 3.05) is 18.4 Å². The third kappa shape index (κ3) is 4.03. The minimum atomic E-state index is -0.318. The molecule has 2 aromatic rings. The summed E-state index contributed by atoms with van der Waals surface area (Å²) in [5.41, 5.74) is 1.68. The number of benzene rings is 1. The van der Waals surface area contributed by atoms with E-state index in [9.17, 15) is 9.90 Å². The third-order valence-corrected chi connectivity index (χ3v) is 3.89. The topological polar surface area (TPSA) is 79.2 Å². The van der Waals surface area contributed by atoms with E-state index in [0.29, 0.717) is 17.4 Å². The number of phenolic OH excluding ortho intramolecular Hbond substituents is 1. The molecule has 1 aliphatic heterocycles. The van der Waals surface area contributed by atoms with Gasteiger partial charge < -0.3 is 15.7 Å². The predicted octanol–water partition coefficient (Wildman–Crippen LogP) is 2.50. The molecular formula is C16H21ClN4O2. The van der Waals surface area contributed by atoms with Gasteiger partial charge in [0.05, 0.1) is 11.7 Å². The van der Waals surface area contributed by atoms with Crippen LogP contribution < -0.4 is 10.6 Å². The van der Waals surface area contributed by atoms with Crippen molar-refractivity contribution in [2.45, 2.75) is 25.8 Å². The Balaban J connectivity index is 0.00000192. The summed E-state index contributed by atoms with van der Waals surface area (Å²) in [6.07, 6.45) is 4.01. The first-order valence-corrected chi connectivity index (χ1v) is 7.50. The van der Waals surface area contributed by atoms with Crippen molar-refractivity contribution in [1.82, 2.24) is 15.1 Å². The van der Waals surface area contributed by atoms with E-state index in [1.54, 1.807) is 18.2 Å². The van der Waals surface area contributed by atoms with Gasteiger partial charge in [-0.05, 0) is 50.1 Å². The maximum absolute atomic E-state index is 12.2. The molecule has 1 aliphatic rings. The molecule has 1 aromatic heterocycles. The van der Waals surface area contributed by atoms with Gasteiger partial charge in [-0.1, -0.05) is 6.07 Å². The number of piperidine rings is 1. The maximum Gasteiger partial charge on any atom is 0.276 e. The number of aryl methyl sites for hydroxylation is 1. The molecule has 3 rings (SSSR count). The number of hydrogen-bond acceptors (Lipinski definition) is 4. The van der Waals surface area contributed by atoms with Crippen molar-refractivity contribution >= 4 is 24.0 Å². The number of anilines is 1. The highest BCUT2D eigenvalue weighted by Gasteiger charge is 2.18. The zero-order valence-corrected chi connectivity index (χ0v) is 13.8. The van der Waals surface area contributed by atoms with Gasteiger partial charge in [0.15, 0.2) is 5.69 Å². The maximum atomic E-state index is 12.2. The number of nitrogens with zero attached hydrogens (tertiary/aromatic N) is 2. The van der Waals surface area contributed by atoms with Crippen LogP contribution in [0.3, 0.4) is 0 Å². The molecule has 3 N–H and O–H groups in total. The summed E-state index contributed by atoms with van der Waals surface area (Å²) in [6, 6.07) is 7.13. The summed E-state index contributed by atoms with van der Waals surface area (Å²) in [4.78, 5) is 12.2. The Bertz CT molecular complexity index is 680. The van der Waals surface area contributed by atoms with Crippen LogP contribution in [-0.4, -0.2) is 33.9 Å². The van der Waals surface area contributed by atoms with Crippen molar-refractivity contribution < 1.29 is 9.90 Å². The molecule has 0 saturated carbocycles. The summed E-state index contributed by atoms with van der Waals surface area (Å²) in [5.74, 6) is -0.258. The van der Waals surface area contributed by atoms with Crippen LogP contribution in [-0.2, 0) is 0 Å². The van der Waals surface area contributed by atoms with Gasteiger partial charge in [-0.25, -0.2) is 0 Å². The van der Waals surface area contributed by atoms with Crippen molar-refractivity contribution in [3.8, 4) is 5.75 Å². The molecule has 0 spiro atoms. The summed E-state index contributed by atoms with van der Waals surface area (Å²) in [5, 5.41) is 20.2. The van der Waals surface area contributed by atoms with Gasteiger partial charge in [-0.15, -0.1) is 12.4 Å². The Morgan fingerprint density at radius 1 is 1.43 bits per heavy atom. The Labute approximate surface area is 141 Å². The largest absolute Gasteiger partial charge is 0.506 e. The average Bonchev–Trinajstić information content (AvgIpc) is 3.01. The van der Waals surface area contributed by atoms with Gasteiger partial charge >= 0.3 is 0 Å². The van der Waals surface area contributed by atoms with Crippen LogP contribution in [0.25, 0.3) is 0 Å². The van der Waals surface area contributed by atoms with E-state index >= 15 is 0 Å². The number of amides is 1. The molecule has 2 heterocycles. The highest BCUT2D eigenvalue weighted by atomic mass is 35.5. The highest BCUT2D eigenvalue weighted by Crippen LogP contribution is 2.24. The first kappa shape index (κ1) is 17.3. The molecule has 1 atom stereocenters. The summed E-state index contributed by atoms with van der Waals surface area (Å²) in [7, 11) is 0. The van der Waals surface area contributed by atoms with Gasteiger partial charge in [-0.3, -0.25) is 9.48 Å². The molecular weight excluding hydrogens is 316 g/mol. The number of carbonyl (C=O) groups is 1. The standard InChI is InChI=1S/C16H20N4O2.ClH/c1-11-4-5-13(15(21)9-11)18-16(22)14-6-8-20(19-14)12-3-2-7-17-10-12;/h4-6,8-9,12,17,21H,2-3,7,10H2,1H3,(H,18,22);1H. The Morgan fingerprint density at radius 2 is 2.26 bits per heavy atom. The number of aromatic hydroxyl groups is 1. The predicted molar refractivity (Wildman–Crippen MR) is 91.4 cm³/mol. The van der Waals surface area contributed by atoms with Crippen LogP contribution in [0, 0.1) is 6.92 Å². The number of phenols is 1. The molecule has 0 radical (unpaired) electrons. The molecule has 6 nitrogen and oxygen atoms in total. The second-order valence-electron chi connectivity index (χ2n) is 5.66. The third-order valence-electron chi connectivity index (χ3n) is 3.89. The zero-order valence-electron chi connectivity index (χ0n) is 13.0. The molecule has 1 amide bonds. The number of nitrogens with one attached hydrogen (secondary N) is 2. The van der Waals surface area contributed by atoms with Crippen LogP contribution in [0.5, 0.6) is 5.75 Å². The van der Waals surface area contributed by atoms with E-state index in [1.165, 1.54) is 0 Å². The molecule has 1 fully saturated rings. The Morgan fingerprint density at radius 3 is 2.96 bits per heavy atom. The zero-order chi connectivity index (χ0) is 15.5. The lowest BCUT2D eigenvalue weighted by molar-refractivity contribution is 0.102. The van der Waals surface area contributed by atoms with Crippen LogP contribution in [0.15, 0.2) is 30.5 Å². The first-order chi connectivity index (χ1) is 10.6. The SMILES string of the molecule is Cc1ccc(NC(=O)c2ccn(C3CCCNC3)n2)c(O)c1.Cl. The van der Waals surface area contributed by atoms with Crippen LogP contribution >= 0.6 is 12.4 Å². The van der Waals surface area contributed by atoms with Crippen LogP contribution in [0.1, 0.15) is 34.9 Å². The van der Waals surface area contributed by atoms with Gasteiger partial charge in [0.2, 0.25) is 0 Å². The van der Waals surface area contributed by atoms with E-state index in [2.05, 4.69) is 15.7 Å².